The molecule has 1 aromatic heterocycles. The van der Waals surface area contributed by atoms with Gasteiger partial charge in [0.25, 0.3) is 0 Å². The topological polar surface area (TPSA) is 79.2 Å². The summed E-state index contributed by atoms with van der Waals surface area (Å²) in [6, 6.07) is -0.274. The van der Waals surface area contributed by atoms with E-state index in [1.807, 2.05) is 34.0 Å². The molecule has 2 amide bonds. The molecule has 3 N–H and O–H groups in total. The van der Waals surface area contributed by atoms with Gasteiger partial charge in [0, 0.05) is 31.9 Å². The average Bonchev–Trinajstić information content (AvgIpc) is 2.82. The number of nitrogens with zero attached hydrogens (tertiary/aromatic N) is 2. The minimum Gasteiger partial charge on any atom is -0.388 e. The third-order valence-electron chi connectivity index (χ3n) is 4.05. The van der Waals surface area contributed by atoms with Gasteiger partial charge in [0.05, 0.1) is 11.3 Å². The zero-order chi connectivity index (χ0) is 16.0. The third-order valence-corrected chi connectivity index (χ3v) is 4.05. The standard InChI is InChI=1S/C15H28N4O2/c1-6-11(3)15(4,21)10-17-14(20)16-8-12-9-19(5)18-13(12)7-2/h9,11,21H,6-8,10H2,1-5H3,(H2,16,17,20). The molecule has 21 heavy (non-hydrogen) atoms. The molecule has 1 rings (SSSR count). The van der Waals surface area contributed by atoms with Crippen LogP contribution in [-0.4, -0.2) is 33.1 Å². The first-order valence-electron chi connectivity index (χ1n) is 7.55. The van der Waals surface area contributed by atoms with Gasteiger partial charge < -0.3 is 15.7 Å². The molecule has 2 unspecified atom stereocenters. The van der Waals surface area contributed by atoms with Crippen molar-refractivity contribution in [3.8, 4) is 0 Å². The van der Waals surface area contributed by atoms with E-state index in [1.54, 1.807) is 11.6 Å². The highest BCUT2D eigenvalue weighted by atomic mass is 16.3. The lowest BCUT2D eigenvalue weighted by Crippen LogP contribution is -2.47. The van der Waals surface area contributed by atoms with Gasteiger partial charge in [-0.25, -0.2) is 4.79 Å². The van der Waals surface area contributed by atoms with Gasteiger partial charge in [-0.1, -0.05) is 27.2 Å². The average molecular weight is 296 g/mol. The van der Waals surface area contributed by atoms with Crippen molar-refractivity contribution in [2.75, 3.05) is 6.54 Å². The molecule has 0 fully saturated rings. The lowest BCUT2D eigenvalue weighted by atomic mass is 9.89. The Labute approximate surface area is 126 Å². The van der Waals surface area contributed by atoms with E-state index in [-0.39, 0.29) is 18.5 Å². The van der Waals surface area contributed by atoms with Crippen LogP contribution in [0.3, 0.4) is 0 Å². The second-order valence-electron chi connectivity index (χ2n) is 5.83. The zero-order valence-corrected chi connectivity index (χ0v) is 13.7. The molecule has 6 heteroatoms. The van der Waals surface area contributed by atoms with Gasteiger partial charge in [-0.2, -0.15) is 5.10 Å². The number of aliphatic hydroxyl groups is 1. The van der Waals surface area contributed by atoms with Crippen molar-refractivity contribution in [3.63, 3.8) is 0 Å². The maximum Gasteiger partial charge on any atom is 0.315 e. The van der Waals surface area contributed by atoms with Crippen LogP contribution in [0.4, 0.5) is 4.79 Å². The van der Waals surface area contributed by atoms with Gasteiger partial charge in [-0.3, -0.25) is 4.68 Å². The van der Waals surface area contributed by atoms with Crippen LogP contribution < -0.4 is 10.6 Å². The number of aromatic nitrogens is 2. The molecule has 0 aliphatic carbocycles. The van der Waals surface area contributed by atoms with Crippen molar-refractivity contribution in [2.45, 2.75) is 52.7 Å². The number of hydrogen-bond acceptors (Lipinski definition) is 3. The number of hydrogen-bond donors (Lipinski definition) is 3. The number of urea groups is 1. The fourth-order valence-corrected chi connectivity index (χ4v) is 2.14. The van der Waals surface area contributed by atoms with E-state index in [0.717, 1.165) is 24.1 Å². The van der Waals surface area contributed by atoms with E-state index in [1.165, 1.54) is 0 Å². The van der Waals surface area contributed by atoms with Crippen LogP contribution in [0.25, 0.3) is 0 Å². The molecule has 0 bridgehead atoms. The van der Waals surface area contributed by atoms with Gasteiger partial charge in [0.1, 0.15) is 0 Å². The lowest BCUT2D eigenvalue weighted by molar-refractivity contribution is 0.00790. The molecule has 0 aromatic carbocycles. The second kappa shape index (κ2) is 7.45. The van der Waals surface area contributed by atoms with Crippen LogP contribution in [-0.2, 0) is 20.0 Å². The minimum absolute atomic E-state index is 0.128. The maximum absolute atomic E-state index is 11.8. The van der Waals surface area contributed by atoms with Crippen molar-refractivity contribution in [3.05, 3.63) is 17.5 Å². The Morgan fingerprint density at radius 1 is 1.48 bits per heavy atom. The fraction of sp³-hybridized carbons (Fsp3) is 0.733. The first-order valence-corrected chi connectivity index (χ1v) is 7.55. The molecule has 120 valence electrons. The Kier molecular flexibility index (Phi) is 6.20. The van der Waals surface area contributed by atoms with Gasteiger partial charge in [0.2, 0.25) is 0 Å². The molecule has 6 nitrogen and oxygen atoms in total. The summed E-state index contributed by atoms with van der Waals surface area (Å²) in [7, 11) is 1.87. The van der Waals surface area contributed by atoms with Crippen LogP contribution in [0, 0.1) is 5.92 Å². The van der Waals surface area contributed by atoms with Gasteiger partial charge in [-0.05, 0) is 19.3 Å². The summed E-state index contributed by atoms with van der Waals surface area (Å²) in [5, 5.41) is 20.1. The lowest BCUT2D eigenvalue weighted by Gasteiger charge is -2.29. The molecule has 0 aliphatic heterocycles. The van der Waals surface area contributed by atoms with E-state index < -0.39 is 5.60 Å². The van der Waals surface area contributed by atoms with Crippen molar-refractivity contribution in [1.29, 1.82) is 0 Å². The summed E-state index contributed by atoms with van der Waals surface area (Å²) in [5.41, 5.74) is 1.11. The van der Waals surface area contributed by atoms with Crippen molar-refractivity contribution >= 4 is 6.03 Å². The fourth-order valence-electron chi connectivity index (χ4n) is 2.14. The zero-order valence-electron chi connectivity index (χ0n) is 13.7. The highest BCUT2D eigenvalue weighted by molar-refractivity contribution is 5.73. The molecule has 0 aliphatic rings. The van der Waals surface area contributed by atoms with Crippen molar-refractivity contribution < 1.29 is 9.90 Å². The van der Waals surface area contributed by atoms with Crippen molar-refractivity contribution in [1.82, 2.24) is 20.4 Å². The third kappa shape index (κ3) is 5.04. The number of nitrogens with one attached hydrogen (secondary N) is 2. The number of carbonyl (C=O) groups is 1. The molecular formula is C15H28N4O2. The number of rotatable bonds is 7. The van der Waals surface area contributed by atoms with Gasteiger partial charge in [0.15, 0.2) is 0 Å². The van der Waals surface area contributed by atoms with Crippen LogP contribution in [0.15, 0.2) is 6.20 Å². The Morgan fingerprint density at radius 2 is 2.14 bits per heavy atom. The molecule has 0 spiro atoms. The molecule has 1 aromatic rings. The molecule has 0 radical (unpaired) electrons. The van der Waals surface area contributed by atoms with Crippen LogP contribution in [0.5, 0.6) is 0 Å². The second-order valence-corrected chi connectivity index (χ2v) is 5.83. The van der Waals surface area contributed by atoms with Gasteiger partial charge in [-0.15, -0.1) is 0 Å². The first kappa shape index (κ1) is 17.5. The minimum atomic E-state index is -0.894. The first-order chi connectivity index (χ1) is 9.80. The van der Waals surface area contributed by atoms with E-state index in [2.05, 4.69) is 15.7 Å². The monoisotopic (exact) mass is 296 g/mol. The number of carbonyl (C=O) groups excluding carboxylic acids is 1. The summed E-state index contributed by atoms with van der Waals surface area (Å²) < 4.78 is 1.75. The Morgan fingerprint density at radius 3 is 2.71 bits per heavy atom. The van der Waals surface area contributed by atoms with E-state index in [4.69, 9.17) is 0 Å². The van der Waals surface area contributed by atoms with Crippen molar-refractivity contribution in [2.24, 2.45) is 13.0 Å². The Bertz CT molecular complexity index is 468. The SMILES string of the molecule is CCc1nn(C)cc1CNC(=O)NCC(C)(O)C(C)CC. The van der Waals surface area contributed by atoms with Crippen LogP contribution in [0.2, 0.25) is 0 Å². The summed E-state index contributed by atoms with van der Waals surface area (Å²) in [5.74, 6) is 0.128. The molecule has 2 atom stereocenters. The molecule has 0 saturated heterocycles. The largest absolute Gasteiger partial charge is 0.388 e. The smallest absolute Gasteiger partial charge is 0.315 e. The predicted molar refractivity (Wildman–Crippen MR) is 82.9 cm³/mol. The summed E-state index contributed by atoms with van der Waals surface area (Å²) in [4.78, 5) is 11.8. The van der Waals surface area contributed by atoms with Crippen LogP contribution >= 0.6 is 0 Å². The number of amides is 2. The molecule has 0 saturated carbocycles. The Hall–Kier alpha value is -1.56. The van der Waals surface area contributed by atoms with Crippen LogP contribution in [0.1, 0.15) is 45.4 Å². The highest BCUT2D eigenvalue weighted by Gasteiger charge is 2.27. The normalized spacial score (nSPS) is 15.3. The van der Waals surface area contributed by atoms with E-state index >= 15 is 0 Å². The quantitative estimate of drug-likeness (QED) is 0.715. The molecular weight excluding hydrogens is 268 g/mol. The highest BCUT2D eigenvalue weighted by Crippen LogP contribution is 2.18. The van der Waals surface area contributed by atoms with E-state index in [9.17, 15) is 9.90 Å². The predicted octanol–water partition coefficient (Wildman–Crippen LogP) is 1.58. The molecule has 1 heterocycles. The maximum atomic E-state index is 11.8. The Balaban J connectivity index is 2.44. The summed E-state index contributed by atoms with van der Waals surface area (Å²) in [6.07, 6.45) is 3.61. The van der Waals surface area contributed by atoms with E-state index in [0.29, 0.717) is 6.54 Å². The number of aryl methyl sites for hydroxylation is 2. The van der Waals surface area contributed by atoms with Gasteiger partial charge >= 0.3 is 6.03 Å². The summed E-state index contributed by atoms with van der Waals surface area (Å²) in [6.45, 7) is 8.46. The summed E-state index contributed by atoms with van der Waals surface area (Å²) >= 11 is 0.